The lowest BCUT2D eigenvalue weighted by atomic mass is 10.2. The molecule has 7 nitrogen and oxygen atoms in total. The number of rotatable bonds is 5. The highest BCUT2D eigenvalue weighted by atomic mass is 32.2. The number of thioether (sulfide) groups is 1. The van der Waals surface area contributed by atoms with Crippen LogP contribution in [0.1, 0.15) is 12.5 Å². The van der Waals surface area contributed by atoms with Crippen LogP contribution in [0.5, 0.6) is 0 Å². The first-order chi connectivity index (χ1) is 12.7. The van der Waals surface area contributed by atoms with Crippen LogP contribution in [-0.2, 0) is 14.4 Å². The van der Waals surface area contributed by atoms with Gasteiger partial charge in [-0.15, -0.1) is 11.8 Å². The predicted octanol–water partition coefficient (Wildman–Crippen LogP) is 3.31. The average Bonchev–Trinajstić information content (AvgIpc) is 2.62. The molecule has 0 aromatic heterocycles. The van der Waals surface area contributed by atoms with Crippen LogP contribution in [0.3, 0.4) is 0 Å². The third-order valence-electron chi connectivity index (χ3n) is 3.34. The average molecular weight is 390 g/mol. The van der Waals surface area contributed by atoms with E-state index in [-0.39, 0.29) is 11.9 Å². The first kappa shape index (κ1) is 22.0. The number of aryl methyl sites for hydroxylation is 1. The van der Waals surface area contributed by atoms with Crippen molar-refractivity contribution in [3.63, 3.8) is 0 Å². The Morgan fingerprint density at radius 1 is 1.00 bits per heavy atom. The third kappa shape index (κ3) is 7.83. The Balaban J connectivity index is 0.000000527. The van der Waals surface area contributed by atoms with E-state index >= 15 is 0 Å². The molecule has 2 aromatic rings. The van der Waals surface area contributed by atoms with E-state index in [1.54, 1.807) is 11.8 Å². The lowest BCUT2D eigenvalue weighted by Crippen LogP contribution is -2.32. The zero-order valence-electron chi connectivity index (χ0n) is 15.2. The van der Waals surface area contributed by atoms with Gasteiger partial charge in [0.2, 0.25) is 5.91 Å². The van der Waals surface area contributed by atoms with Crippen molar-refractivity contribution in [2.24, 2.45) is 0 Å². The summed E-state index contributed by atoms with van der Waals surface area (Å²) < 4.78 is 0. The molecule has 0 saturated carbocycles. The minimum atomic E-state index is -1.82. The van der Waals surface area contributed by atoms with Gasteiger partial charge in [0.1, 0.15) is 6.04 Å². The molecule has 0 fully saturated rings. The fourth-order valence-electron chi connectivity index (χ4n) is 2.04. The first-order valence-corrected chi connectivity index (χ1v) is 9.20. The molecule has 0 heterocycles. The van der Waals surface area contributed by atoms with Crippen LogP contribution in [0.2, 0.25) is 0 Å². The van der Waals surface area contributed by atoms with E-state index < -0.39 is 11.9 Å². The van der Waals surface area contributed by atoms with Crippen molar-refractivity contribution in [2.45, 2.75) is 24.8 Å². The van der Waals surface area contributed by atoms with Crippen molar-refractivity contribution in [1.29, 1.82) is 0 Å². The van der Waals surface area contributed by atoms with Gasteiger partial charge in [-0.25, -0.2) is 9.59 Å². The van der Waals surface area contributed by atoms with Crippen LogP contribution in [0.15, 0.2) is 53.4 Å². The molecular formula is C19H22N2O5S. The summed E-state index contributed by atoms with van der Waals surface area (Å²) in [5.74, 6) is -3.69. The summed E-state index contributed by atoms with van der Waals surface area (Å²) in [4.78, 5) is 31.5. The fraction of sp³-hybridized carbons (Fsp3) is 0.211. The van der Waals surface area contributed by atoms with Crippen LogP contribution >= 0.6 is 11.8 Å². The molecule has 0 radical (unpaired) electrons. The molecule has 0 aliphatic heterocycles. The van der Waals surface area contributed by atoms with Gasteiger partial charge in [0.15, 0.2) is 0 Å². The molecule has 4 N–H and O–H groups in total. The first-order valence-electron chi connectivity index (χ1n) is 7.98. The third-order valence-corrected chi connectivity index (χ3v) is 4.14. The van der Waals surface area contributed by atoms with E-state index in [4.69, 9.17) is 19.8 Å². The number of aliphatic carboxylic acids is 2. The Labute approximate surface area is 161 Å². The van der Waals surface area contributed by atoms with Gasteiger partial charge < -0.3 is 20.8 Å². The van der Waals surface area contributed by atoms with E-state index in [9.17, 15) is 4.79 Å². The number of benzene rings is 2. The minimum absolute atomic E-state index is 0.0435. The van der Waals surface area contributed by atoms with E-state index in [0.717, 1.165) is 16.3 Å². The lowest BCUT2D eigenvalue weighted by molar-refractivity contribution is -0.159. The Kier molecular flexibility index (Phi) is 8.87. The van der Waals surface area contributed by atoms with Crippen molar-refractivity contribution in [3.05, 3.63) is 54.1 Å². The molecule has 0 saturated heterocycles. The monoisotopic (exact) mass is 390 g/mol. The van der Waals surface area contributed by atoms with Crippen LogP contribution in [0, 0.1) is 6.92 Å². The van der Waals surface area contributed by atoms with Crippen LogP contribution in [-0.4, -0.2) is 40.4 Å². The number of carbonyl (C=O) groups excluding carboxylic acids is 1. The molecule has 1 amide bonds. The smallest absolute Gasteiger partial charge is 0.414 e. The normalized spacial score (nSPS) is 10.8. The Hall–Kier alpha value is -3.00. The fourth-order valence-corrected chi connectivity index (χ4v) is 2.59. The minimum Gasteiger partial charge on any atom is -0.473 e. The molecule has 1 atom stereocenters. The summed E-state index contributed by atoms with van der Waals surface area (Å²) in [6.07, 6.45) is 2.00. The number of anilines is 2. The van der Waals surface area contributed by atoms with E-state index in [2.05, 4.69) is 10.6 Å². The van der Waals surface area contributed by atoms with Gasteiger partial charge in [0.25, 0.3) is 0 Å². The van der Waals surface area contributed by atoms with Crippen molar-refractivity contribution in [1.82, 2.24) is 0 Å². The van der Waals surface area contributed by atoms with E-state index in [0.29, 0.717) is 0 Å². The molecule has 0 aliphatic rings. The number of nitrogens with one attached hydrogen (secondary N) is 2. The highest BCUT2D eigenvalue weighted by Crippen LogP contribution is 2.24. The van der Waals surface area contributed by atoms with Crippen molar-refractivity contribution >= 4 is 41.0 Å². The topological polar surface area (TPSA) is 116 Å². The molecule has 2 rings (SSSR count). The van der Waals surface area contributed by atoms with Crippen LogP contribution in [0.25, 0.3) is 0 Å². The summed E-state index contributed by atoms with van der Waals surface area (Å²) in [5.41, 5.74) is 2.98. The maximum absolute atomic E-state index is 12.3. The summed E-state index contributed by atoms with van der Waals surface area (Å²) in [5, 5.41) is 21.0. The van der Waals surface area contributed by atoms with E-state index in [1.807, 2.05) is 68.6 Å². The lowest BCUT2D eigenvalue weighted by Gasteiger charge is -2.16. The second-order valence-electron chi connectivity index (χ2n) is 5.54. The van der Waals surface area contributed by atoms with Crippen molar-refractivity contribution in [2.75, 3.05) is 16.9 Å². The van der Waals surface area contributed by atoms with Crippen molar-refractivity contribution in [3.8, 4) is 0 Å². The maximum Gasteiger partial charge on any atom is 0.414 e. The molecule has 2 aromatic carbocycles. The van der Waals surface area contributed by atoms with Gasteiger partial charge in [0, 0.05) is 10.6 Å². The van der Waals surface area contributed by atoms with Crippen LogP contribution < -0.4 is 10.6 Å². The Bertz CT molecular complexity index is 798. The van der Waals surface area contributed by atoms with E-state index in [1.165, 1.54) is 5.56 Å². The maximum atomic E-state index is 12.3. The van der Waals surface area contributed by atoms with Gasteiger partial charge in [-0.3, -0.25) is 4.79 Å². The van der Waals surface area contributed by atoms with Gasteiger partial charge in [-0.05, 0) is 49.9 Å². The predicted molar refractivity (Wildman–Crippen MR) is 106 cm³/mol. The largest absolute Gasteiger partial charge is 0.473 e. The van der Waals surface area contributed by atoms with Gasteiger partial charge in [-0.2, -0.15) is 0 Å². The number of hydrogen-bond acceptors (Lipinski definition) is 5. The molecule has 0 aliphatic carbocycles. The molecule has 0 spiro atoms. The second-order valence-corrected chi connectivity index (χ2v) is 6.38. The summed E-state index contributed by atoms with van der Waals surface area (Å²) in [7, 11) is 0. The molecule has 27 heavy (non-hydrogen) atoms. The van der Waals surface area contributed by atoms with Gasteiger partial charge >= 0.3 is 11.9 Å². The molecular weight excluding hydrogens is 368 g/mol. The van der Waals surface area contributed by atoms with Crippen molar-refractivity contribution < 1.29 is 24.6 Å². The Morgan fingerprint density at radius 3 is 2.19 bits per heavy atom. The second kappa shape index (κ2) is 10.9. The quantitative estimate of drug-likeness (QED) is 0.457. The zero-order chi connectivity index (χ0) is 20.4. The summed E-state index contributed by atoms with van der Waals surface area (Å²) in [6.45, 7) is 3.89. The number of carboxylic acid groups (broad SMARTS) is 2. The molecule has 1 unspecified atom stereocenters. The Morgan fingerprint density at radius 2 is 1.63 bits per heavy atom. The molecule has 144 valence electrons. The standard InChI is InChI=1S/C17H20N2OS.C2H2O4/c1-12-7-6-8-14(11-12)18-13(2)17(20)19-15-9-4-5-10-16(15)21-3;3-1(4)2(5)6/h4-11,13,18H,1-3H3,(H,19,20);(H,3,4)(H,5,6). The summed E-state index contributed by atoms with van der Waals surface area (Å²) in [6, 6.07) is 15.5. The van der Waals surface area contributed by atoms with Gasteiger partial charge in [0.05, 0.1) is 5.69 Å². The van der Waals surface area contributed by atoms with Crippen LogP contribution in [0.4, 0.5) is 11.4 Å². The molecule has 0 bridgehead atoms. The number of hydrogen-bond donors (Lipinski definition) is 4. The number of para-hydroxylation sites is 1. The SMILES string of the molecule is CSc1ccccc1NC(=O)C(C)Nc1cccc(C)c1.O=C(O)C(=O)O. The highest BCUT2D eigenvalue weighted by molar-refractivity contribution is 7.98. The number of carbonyl (C=O) groups is 3. The highest BCUT2D eigenvalue weighted by Gasteiger charge is 2.14. The summed E-state index contributed by atoms with van der Waals surface area (Å²) >= 11 is 1.62. The van der Waals surface area contributed by atoms with Gasteiger partial charge in [-0.1, -0.05) is 24.3 Å². The number of carboxylic acids is 2. The molecule has 8 heteroatoms. The zero-order valence-corrected chi connectivity index (χ0v) is 16.0. The number of amides is 1.